The third-order valence-electron chi connectivity index (χ3n) is 3.17. The van der Waals surface area contributed by atoms with Crippen molar-refractivity contribution in [2.24, 2.45) is 11.7 Å². The largest absolute Gasteiger partial charge is 0.508 e. The van der Waals surface area contributed by atoms with Gasteiger partial charge in [-0.05, 0) is 36.5 Å². The molecule has 4 heteroatoms. The number of aromatic hydroxyl groups is 1. The van der Waals surface area contributed by atoms with Gasteiger partial charge >= 0.3 is 0 Å². The van der Waals surface area contributed by atoms with Crippen LogP contribution in [0.25, 0.3) is 0 Å². The summed E-state index contributed by atoms with van der Waals surface area (Å²) in [6.07, 6.45) is 1.55. The van der Waals surface area contributed by atoms with Crippen LogP contribution in [0.5, 0.6) is 5.75 Å². The van der Waals surface area contributed by atoms with Crippen LogP contribution in [0.3, 0.4) is 0 Å². The molecule has 1 aliphatic rings. The summed E-state index contributed by atoms with van der Waals surface area (Å²) in [6.45, 7) is 2.11. The lowest BCUT2D eigenvalue weighted by atomic mass is 10.1. The maximum Gasteiger partial charge on any atom is 0.237 e. The maximum atomic E-state index is 11.7. The van der Waals surface area contributed by atoms with Crippen molar-refractivity contribution < 1.29 is 9.90 Å². The van der Waals surface area contributed by atoms with Crippen LogP contribution in [0.1, 0.15) is 18.9 Å². The number of amides is 1. The van der Waals surface area contributed by atoms with Gasteiger partial charge in [-0.2, -0.15) is 0 Å². The van der Waals surface area contributed by atoms with Crippen molar-refractivity contribution in [2.45, 2.75) is 31.8 Å². The van der Waals surface area contributed by atoms with E-state index in [0.29, 0.717) is 18.4 Å². The molecule has 3 atom stereocenters. The lowest BCUT2D eigenvalue weighted by molar-refractivity contribution is -0.122. The van der Waals surface area contributed by atoms with Crippen LogP contribution in [0.15, 0.2) is 24.3 Å². The molecule has 1 amide bonds. The number of carbonyl (C=O) groups excluding carboxylic acids is 1. The Kier molecular flexibility index (Phi) is 3.33. The highest BCUT2D eigenvalue weighted by Gasteiger charge is 2.34. The van der Waals surface area contributed by atoms with Gasteiger partial charge in [0.15, 0.2) is 0 Å². The van der Waals surface area contributed by atoms with E-state index in [1.807, 2.05) is 0 Å². The van der Waals surface area contributed by atoms with Gasteiger partial charge in [0.05, 0.1) is 6.04 Å². The minimum Gasteiger partial charge on any atom is -0.508 e. The van der Waals surface area contributed by atoms with Gasteiger partial charge in [0.25, 0.3) is 0 Å². The van der Waals surface area contributed by atoms with E-state index in [0.717, 1.165) is 12.0 Å². The first-order valence-corrected chi connectivity index (χ1v) is 5.90. The standard InChI is InChI=1S/C13H18N2O2/c1-8-6-12(8)15-13(17)11(14)7-9-2-4-10(16)5-3-9/h2-5,8,11-12,16H,6-7,14H2,1H3,(H,15,17). The average molecular weight is 234 g/mol. The van der Waals surface area contributed by atoms with Crippen LogP contribution in [0.4, 0.5) is 0 Å². The molecule has 92 valence electrons. The average Bonchev–Trinajstić information content (AvgIpc) is 2.97. The second-order valence-electron chi connectivity index (χ2n) is 4.81. The zero-order valence-electron chi connectivity index (χ0n) is 9.89. The van der Waals surface area contributed by atoms with Crippen molar-refractivity contribution in [1.82, 2.24) is 5.32 Å². The molecule has 1 fully saturated rings. The van der Waals surface area contributed by atoms with Crippen molar-refractivity contribution >= 4 is 5.91 Å². The first kappa shape index (κ1) is 11.9. The van der Waals surface area contributed by atoms with Crippen LogP contribution >= 0.6 is 0 Å². The van der Waals surface area contributed by atoms with Gasteiger partial charge in [-0.25, -0.2) is 0 Å². The first-order chi connectivity index (χ1) is 8.06. The van der Waals surface area contributed by atoms with Crippen molar-refractivity contribution in [3.63, 3.8) is 0 Å². The Balaban J connectivity index is 1.85. The van der Waals surface area contributed by atoms with Crippen LogP contribution in [0, 0.1) is 5.92 Å². The zero-order chi connectivity index (χ0) is 12.4. The number of rotatable bonds is 4. The summed E-state index contributed by atoms with van der Waals surface area (Å²) in [5.41, 5.74) is 6.79. The number of carbonyl (C=O) groups is 1. The topological polar surface area (TPSA) is 75.4 Å². The van der Waals surface area contributed by atoms with Crippen LogP contribution in [-0.4, -0.2) is 23.1 Å². The van der Waals surface area contributed by atoms with Crippen molar-refractivity contribution in [3.8, 4) is 5.75 Å². The highest BCUT2D eigenvalue weighted by molar-refractivity contribution is 5.82. The summed E-state index contributed by atoms with van der Waals surface area (Å²) in [7, 11) is 0. The van der Waals surface area contributed by atoms with Crippen molar-refractivity contribution in [3.05, 3.63) is 29.8 Å². The second-order valence-corrected chi connectivity index (χ2v) is 4.81. The van der Waals surface area contributed by atoms with E-state index >= 15 is 0 Å². The van der Waals surface area contributed by atoms with E-state index in [4.69, 9.17) is 10.8 Å². The minimum absolute atomic E-state index is 0.0903. The molecule has 3 unspecified atom stereocenters. The monoisotopic (exact) mass is 234 g/mol. The van der Waals surface area contributed by atoms with Crippen LogP contribution < -0.4 is 11.1 Å². The van der Waals surface area contributed by atoms with Gasteiger partial charge in [0, 0.05) is 6.04 Å². The van der Waals surface area contributed by atoms with E-state index in [9.17, 15) is 4.79 Å². The molecule has 1 aliphatic carbocycles. The lowest BCUT2D eigenvalue weighted by Crippen LogP contribution is -2.43. The molecule has 1 aromatic carbocycles. The van der Waals surface area contributed by atoms with Crippen LogP contribution in [0.2, 0.25) is 0 Å². The molecule has 1 aromatic rings. The molecule has 0 bridgehead atoms. The number of nitrogens with two attached hydrogens (primary N) is 1. The Hall–Kier alpha value is -1.55. The second kappa shape index (κ2) is 4.75. The highest BCUT2D eigenvalue weighted by Crippen LogP contribution is 2.28. The molecule has 17 heavy (non-hydrogen) atoms. The van der Waals surface area contributed by atoms with Gasteiger partial charge in [-0.3, -0.25) is 4.79 Å². The first-order valence-electron chi connectivity index (χ1n) is 5.90. The Morgan fingerprint density at radius 2 is 2.12 bits per heavy atom. The number of phenols is 1. The Morgan fingerprint density at radius 1 is 1.53 bits per heavy atom. The van der Waals surface area contributed by atoms with E-state index < -0.39 is 6.04 Å². The molecular weight excluding hydrogens is 216 g/mol. The van der Waals surface area contributed by atoms with Gasteiger partial charge in [0.2, 0.25) is 5.91 Å². The molecular formula is C13H18N2O2. The predicted molar refractivity (Wildman–Crippen MR) is 65.5 cm³/mol. The van der Waals surface area contributed by atoms with Crippen LogP contribution in [-0.2, 0) is 11.2 Å². The Morgan fingerprint density at radius 3 is 2.65 bits per heavy atom. The number of hydrogen-bond donors (Lipinski definition) is 3. The predicted octanol–water partition coefficient (Wildman–Crippen LogP) is 0.787. The molecule has 4 N–H and O–H groups in total. The normalized spacial score (nSPS) is 24.1. The Labute approximate surface area is 101 Å². The smallest absolute Gasteiger partial charge is 0.237 e. The van der Waals surface area contributed by atoms with Gasteiger partial charge in [-0.15, -0.1) is 0 Å². The summed E-state index contributed by atoms with van der Waals surface area (Å²) < 4.78 is 0. The lowest BCUT2D eigenvalue weighted by Gasteiger charge is -2.12. The fourth-order valence-electron chi connectivity index (χ4n) is 1.79. The minimum atomic E-state index is -0.521. The summed E-state index contributed by atoms with van der Waals surface area (Å²) in [5.74, 6) is 0.714. The summed E-state index contributed by atoms with van der Waals surface area (Å²) in [6, 6.07) is 6.55. The van der Waals surface area contributed by atoms with Crippen molar-refractivity contribution in [1.29, 1.82) is 0 Å². The fourth-order valence-corrected chi connectivity index (χ4v) is 1.79. The molecule has 0 aliphatic heterocycles. The molecule has 0 radical (unpaired) electrons. The molecule has 0 saturated heterocycles. The quantitative estimate of drug-likeness (QED) is 0.721. The summed E-state index contributed by atoms with van der Waals surface area (Å²) >= 11 is 0. The maximum absolute atomic E-state index is 11.7. The molecule has 0 aromatic heterocycles. The number of benzene rings is 1. The summed E-state index contributed by atoms with van der Waals surface area (Å²) in [4.78, 5) is 11.7. The highest BCUT2D eigenvalue weighted by atomic mass is 16.3. The molecule has 0 spiro atoms. The molecule has 1 saturated carbocycles. The SMILES string of the molecule is CC1CC1NC(=O)C(N)Cc1ccc(O)cc1. The van der Waals surface area contributed by atoms with Gasteiger partial charge in [-0.1, -0.05) is 19.1 Å². The third kappa shape index (κ3) is 3.20. The molecule has 4 nitrogen and oxygen atoms in total. The van der Waals surface area contributed by atoms with E-state index in [-0.39, 0.29) is 11.7 Å². The van der Waals surface area contributed by atoms with E-state index in [1.165, 1.54) is 0 Å². The van der Waals surface area contributed by atoms with Gasteiger partial charge in [0.1, 0.15) is 5.75 Å². The molecule has 0 heterocycles. The van der Waals surface area contributed by atoms with Gasteiger partial charge < -0.3 is 16.2 Å². The summed E-state index contributed by atoms with van der Waals surface area (Å²) in [5, 5.41) is 12.1. The zero-order valence-corrected chi connectivity index (χ0v) is 9.89. The third-order valence-corrected chi connectivity index (χ3v) is 3.17. The Bertz CT molecular complexity index is 402. The number of phenolic OH excluding ortho intramolecular Hbond substituents is 1. The number of nitrogens with one attached hydrogen (secondary N) is 1. The van der Waals surface area contributed by atoms with E-state index in [2.05, 4.69) is 12.2 Å². The number of hydrogen-bond acceptors (Lipinski definition) is 3. The fraction of sp³-hybridized carbons (Fsp3) is 0.462. The van der Waals surface area contributed by atoms with E-state index in [1.54, 1.807) is 24.3 Å². The molecule has 2 rings (SSSR count). The van der Waals surface area contributed by atoms with Crippen molar-refractivity contribution in [2.75, 3.05) is 0 Å².